The lowest BCUT2D eigenvalue weighted by atomic mass is 9.87. The molecular weight excluding hydrogens is 712 g/mol. The number of rotatable bonds is 12. The zero-order valence-corrected chi connectivity index (χ0v) is 31.0. The summed E-state index contributed by atoms with van der Waals surface area (Å²) in [4.78, 5) is 42.2. The number of likely N-dealkylation sites (tertiary alicyclic amines) is 1. The molecule has 1 aromatic heterocycles. The zero-order chi connectivity index (χ0) is 39.6. The number of pyridine rings is 1. The van der Waals surface area contributed by atoms with E-state index in [2.05, 4.69) is 22.1 Å². The molecule has 2 aromatic carbocycles. The van der Waals surface area contributed by atoms with E-state index in [4.69, 9.17) is 0 Å². The van der Waals surface area contributed by atoms with Crippen molar-refractivity contribution in [3.8, 4) is 23.0 Å². The van der Waals surface area contributed by atoms with E-state index in [0.717, 1.165) is 48.3 Å². The molecule has 2 atom stereocenters. The number of hydrogen-bond donors (Lipinski definition) is 2. The molecule has 2 N–H and O–H groups in total. The Morgan fingerprint density at radius 3 is 2.15 bits per heavy atom. The molecule has 2 aliphatic rings. The number of carboxylic acid groups (broad SMARTS) is 1. The highest BCUT2D eigenvalue weighted by atomic mass is 19.4. The van der Waals surface area contributed by atoms with Crippen molar-refractivity contribution >= 4 is 11.9 Å². The first-order valence-electron chi connectivity index (χ1n) is 18.2. The van der Waals surface area contributed by atoms with E-state index in [-0.39, 0.29) is 34.6 Å². The van der Waals surface area contributed by atoms with Crippen LogP contribution in [0.5, 0.6) is 0 Å². The average Bonchev–Trinajstić information content (AvgIpc) is 3.89. The molecule has 7 nitrogen and oxygen atoms in total. The summed E-state index contributed by atoms with van der Waals surface area (Å²) >= 11 is 0. The number of carbonyl (C=O) groups excluding carboxylic acids is 1. The number of benzene rings is 2. The summed E-state index contributed by atoms with van der Waals surface area (Å²) in [6.07, 6.45) is -1.71. The Hall–Kier alpha value is -4.57. The number of nitrogens with zero attached hydrogens (tertiary/aromatic N) is 2. The van der Waals surface area contributed by atoms with Gasteiger partial charge in [0.05, 0.1) is 23.6 Å². The Morgan fingerprint density at radius 1 is 0.981 bits per heavy atom. The number of amides is 1. The third kappa shape index (κ3) is 9.20. The van der Waals surface area contributed by atoms with Gasteiger partial charge in [0, 0.05) is 29.9 Å². The van der Waals surface area contributed by atoms with Crippen molar-refractivity contribution < 1.29 is 41.0 Å². The number of aliphatic carboxylic acids is 1. The van der Waals surface area contributed by atoms with Gasteiger partial charge in [0.25, 0.3) is 5.56 Å². The molecule has 2 fully saturated rings. The lowest BCUT2D eigenvalue weighted by Crippen LogP contribution is -2.41. The van der Waals surface area contributed by atoms with Crippen LogP contribution in [0.1, 0.15) is 111 Å². The van der Waals surface area contributed by atoms with Crippen LogP contribution >= 0.6 is 0 Å². The van der Waals surface area contributed by atoms with Gasteiger partial charge in [0.1, 0.15) is 23.5 Å². The van der Waals surface area contributed by atoms with Gasteiger partial charge in [-0.2, -0.15) is 13.2 Å². The molecule has 3 aromatic rings. The quantitative estimate of drug-likeness (QED) is 0.143. The second-order valence-electron chi connectivity index (χ2n) is 15.0. The molecule has 1 aliphatic carbocycles. The number of alkyl halides is 3. The van der Waals surface area contributed by atoms with Crippen molar-refractivity contribution in [1.82, 2.24) is 14.8 Å². The Morgan fingerprint density at radius 2 is 1.61 bits per heavy atom. The molecule has 0 unspecified atom stereocenters. The van der Waals surface area contributed by atoms with E-state index >= 15 is 8.78 Å². The zero-order valence-electron chi connectivity index (χ0n) is 31.0. The molecule has 54 heavy (non-hydrogen) atoms. The minimum Gasteiger partial charge on any atom is -0.481 e. The molecule has 0 radical (unpaired) electrons. The highest BCUT2D eigenvalue weighted by molar-refractivity contribution is 5.82. The average molecular weight is 758 g/mol. The van der Waals surface area contributed by atoms with Crippen LogP contribution in [0, 0.1) is 55.0 Å². The van der Waals surface area contributed by atoms with Crippen LogP contribution in [-0.2, 0) is 15.8 Å². The maximum atomic E-state index is 16.7. The minimum atomic E-state index is -4.85. The molecule has 1 aliphatic heterocycles. The maximum Gasteiger partial charge on any atom is 0.416 e. The first-order valence-corrected chi connectivity index (χ1v) is 18.2. The lowest BCUT2D eigenvalue weighted by Gasteiger charge is -2.34. The predicted molar refractivity (Wildman–Crippen MR) is 192 cm³/mol. The summed E-state index contributed by atoms with van der Waals surface area (Å²) in [7, 11) is 0. The van der Waals surface area contributed by atoms with E-state index in [0.29, 0.717) is 49.0 Å². The number of carboxylic acids is 1. The van der Waals surface area contributed by atoms with Crippen molar-refractivity contribution in [2.45, 2.75) is 97.3 Å². The summed E-state index contributed by atoms with van der Waals surface area (Å²) in [5.74, 6) is -0.693. The summed E-state index contributed by atoms with van der Waals surface area (Å²) in [5.41, 5.74) is -2.78. The molecule has 2 heterocycles. The van der Waals surface area contributed by atoms with Crippen LogP contribution in [0.3, 0.4) is 0 Å². The smallest absolute Gasteiger partial charge is 0.416 e. The number of halogens is 6. The van der Waals surface area contributed by atoms with Crippen LogP contribution in [-0.4, -0.2) is 46.1 Å². The van der Waals surface area contributed by atoms with Gasteiger partial charge in [-0.05, 0) is 124 Å². The number of nitrogens with one attached hydrogen (secondary N) is 1. The third-order valence-corrected chi connectivity index (χ3v) is 10.3. The Bertz CT molecular complexity index is 2010. The molecule has 1 amide bonds. The van der Waals surface area contributed by atoms with E-state index < -0.39 is 76.6 Å². The fourth-order valence-corrected chi connectivity index (χ4v) is 7.64. The van der Waals surface area contributed by atoms with E-state index in [9.17, 15) is 37.1 Å². The summed E-state index contributed by atoms with van der Waals surface area (Å²) < 4.78 is 91.3. The maximum absolute atomic E-state index is 16.7. The van der Waals surface area contributed by atoms with Gasteiger partial charge < -0.3 is 19.9 Å². The normalized spacial score (nSPS) is 16.5. The van der Waals surface area contributed by atoms with E-state index in [1.807, 2.05) is 0 Å². The first-order chi connectivity index (χ1) is 25.4. The van der Waals surface area contributed by atoms with Crippen LogP contribution in [0.2, 0.25) is 0 Å². The van der Waals surface area contributed by atoms with Crippen LogP contribution < -0.4 is 10.9 Å². The van der Waals surface area contributed by atoms with Gasteiger partial charge in [0.2, 0.25) is 5.91 Å². The summed E-state index contributed by atoms with van der Waals surface area (Å²) in [6.45, 7) is 9.99. The van der Waals surface area contributed by atoms with Gasteiger partial charge in [-0.1, -0.05) is 19.8 Å². The highest BCUT2D eigenvalue weighted by Gasteiger charge is 2.39. The van der Waals surface area contributed by atoms with Crippen LogP contribution in [0.15, 0.2) is 35.3 Å². The van der Waals surface area contributed by atoms with Crippen molar-refractivity contribution in [3.05, 3.63) is 91.6 Å². The second-order valence-corrected chi connectivity index (χ2v) is 15.0. The minimum absolute atomic E-state index is 0.0678. The Labute approximate surface area is 310 Å². The van der Waals surface area contributed by atoms with Gasteiger partial charge in [-0.3, -0.25) is 14.4 Å². The first kappa shape index (κ1) is 40.6. The predicted octanol–water partition coefficient (Wildman–Crippen LogP) is 8.45. The lowest BCUT2D eigenvalue weighted by molar-refractivity contribution is -0.139. The van der Waals surface area contributed by atoms with Gasteiger partial charge in [-0.25, -0.2) is 13.2 Å². The molecule has 13 heteroatoms. The SMILES string of the molecule is CC#Cc1cc(-c2c(C)cc(F)cc2C)c(F)c([C@H](CC(=O)O)NC(=O)[C@@H](CC(C)C)n2cc(C3CCN(CC4CC4)CC3)c(C(F)(F)F)cc2=O)c1F. The molecule has 5 rings (SSSR count). The molecular formula is C41H45F6N3O4. The van der Waals surface area contributed by atoms with Crippen molar-refractivity contribution in [2.75, 3.05) is 19.6 Å². The van der Waals surface area contributed by atoms with Gasteiger partial charge in [0.15, 0.2) is 0 Å². The molecule has 0 spiro atoms. The number of piperidine rings is 1. The van der Waals surface area contributed by atoms with Crippen molar-refractivity contribution in [3.63, 3.8) is 0 Å². The summed E-state index contributed by atoms with van der Waals surface area (Å²) in [5, 5.41) is 12.3. The number of aromatic nitrogens is 1. The number of carbonyl (C=O) groups is 2. The second kappa shape index (κ2) is 16.4. The molecule has 1 saturated heterocycles. The number of hydrogen-bond acceptors (Lipinski definition) is 4. The highest BCUT2D eigenvalue weighted by Crippen LogP contribution is 2.41. The fourth-order valence-electron chi connectivity index (χ4n) is 7.64. The fraction of sp³-hybridized carbons (Fsp3) is 0.488. The standard InChI is InChI=1S/C41H45F6N3O4/c1-6-7-27-17-29(36-23(4)15-28(42)16-24(36)5)39(44)37(38(27)43)32(19-35(52)53)48-40(54)33(14-22(2)3)50-21-30(31(18-34(50)51)41(45,46)47)26-10-12-49(13-11-26)20-25-8-9-25/h15-18,21-22,25-26,32-33H,8-14,19-20H2,1-5H3,(H,48,54)(H,52,53)/t32-,33+/m0/s1. The topological polar surface area (TPSA) is 91.6 Å². The van der Waals surface area contributed by atoms with E-state index in [1.54, 1.807) is 13.8 Å². The van der Waals surface area contributed by atoms with E-state index in [1.165, 1.54) is 20.8 Å². The molecule has 1 saturated carbocycles. The van der Waals surface area contributed by atoms with Crippen molar-refractivity contribution in [1.29, 1.82) is 0 Å². The van der Waals surface area contributed by atoms with Crippen LogP contribution in [0.25, 0.3) is 11.1 Å². The molecule has 0 bridgehead atoms. The monoisotopic (exact) mass is 757 g/mol. The van der Waals surface area contributed by atoms with Crippen molar-refractivity contribution in [2.24, 2.45) is 11.8 Å². The third-order valence-electron chi connectivity index (χ3n) is 10.3. The van der Waals surface area contributed by atoms with Gasteiger partial charge in [-0.15, -0.1) is 5.92 Å². The summed E-state index contributed by atoms with van der Waals surface area (Å²) in [6, 6.07) is 0.651. The van der Waals surface area contributed by atoms with Crippen LogP contribution in [0.4, 0.5) is 26.3 Å². The largest absolute Gasteiger partial charge is 0.481 e. The van der Waals surface area contributed by atoms with Gasteiger partial charge >= 0.3 is 12.1 Å². The Kier molecular flexibility index (Phi) is 12.4. The molecule has 290 valence electrons. The Balaban J connectivity index is 1.59. The number of aryl methyl sites for hydroxylation is 2.